The number of fused-ring (bicyclic) bond motifs is 1. The summed E-state index contributed by atoms with van der Waals surface area (Å²) in [6.07, 6.45) is 3.81. The second-order valence-electron chi connectivity index (χ2n) is 7.42. The maximum Gasteiger partial charge on any atom is 0.0684 e. The summed E-state index contributed by atoms with van der Waals surface area (Å²) in [5.41, 5.74) is 0.422. The van der Waals surface area contributed by atoms with Gasteiger partial charge in [-0.15, -0.1) is 0 Å². The fourth-order valence-electron chi connectivity index (χ4n) is 3.71. The minimum absolute atomic E-state index is 0.172. The number of rotatable bonds is 5. The van der Waals surface area contributed by atoms with Crippen molar-refractivity contribution in [2.75, 3.05) is 19.8 Å². The van der Waals surface area contributed by atoms with Crippen LogP contribution in [0.4, 0.5) is 0 Å². The fraction of sp³-hybridized carbons (Fsp3) is 1.00. The number of hydrogen-bond donors (Lipinski definition) is 2. The van der Waals surface area contributed by atoms with Gasteiger partial charge in [0.1, 0.15) is 0 Å². The lowest BCUT2D eigenvalue weighted by molar-refractivity contribution is -0.193. The Bertz CT molecular complexity index is 288. The van der Waals surface area contributed by atoms with Crippen molar-refractivity contribution in [2.45, 2.75) is 59.1 Å². The first-order valence-electron chi connectivity index (χ1n) is 7.34. The number of aliphatic hydroxyl groups is 1. The molecule has 0 spiro atoms. The molecule has 1 heterocycles. The second-order valence-corrected chi connectivity index (χ2v) is 7.42. The molecule has 2 N–H and O–H groups in total. The Hall–Kier alpha value is -0.120. The molecule has 0 aromatic rings. The third-order valence-corrected chi connectivity index (χ3v) is 4.92. The highest BCUT2D eigenvalue weighted by molar-refractivity contribution is 5.10. The summed E-state index contributed by atoms with van der Waals surface area (Å²) in [5.74, 6) is 0.693. The average molecular weight is 255 g/mol. The van der Waals surface area contributed by atoms with Gasteiger partial charge in [-0.25, -0.2) is 0 Å². The van der Waals surface area contributed by atoms with Crippen LogP contribution in [-0.2, 0) is 4.74 Å². The first kappa shape index (κ1) is 14.3. The van der Waals surface area contributed by atoms with Gasteiger partial charge in [0.25, 0.3) is 0 Å². The average Bonchev–Trinajstić information content (AvgIpc) is 2.28. The Balaban J connectivity index is 1.89. The molecule has 3 nitrogen and oxygen atoms in total. The molecule has 2 rings (SSSR count). The van der Waals surface area contributed by atoms with Crippen molar-refractivity contribution in [3.05, 3.63) is 0 Å². The van der Waals surface area contributed by atoms with E-state index >= 15 is 0 Å². The molecule has 0 radical (unpaired) electrons. The highest BCUT2D eigenvalue weighted by Gasteiger charge is 2.57. The molecule has 3 heteroatoms. The molecule has 18 heavy (non-hydrogen) atoms. The molecule has 3 atom stereocenters. The van der Waals surface area contributed by atoms with Gasteiger partial charge < -0.3 is 15.2 Å². The normalized spacial score (nSPS) is 34.8. The largest absolute Gasteiger partial charge is 0.396 e. The first-order chi connectivity index (χ1) is 8.38. The van der Waals surface area contributed by atoms with Gasteiger partial charge >= 0.3 is 0 Å². The zero-order valence-electron chi connectivity index (χ0n) is 12.3. The van der Waals surface area contributed by atoms with Crippen LogP contribution in [0.3, 0.4) is 0 Å². The van der Waals surface area contributed by atoms with Crippen LogP contribution < -0.4 is 5.32 Å². The highest BCUT2D eigenvalue weighted by atomic mass is 16.5. The van der Waals surface area contributed by atoms with Crippen LogP contribution >= 0.6 is 0 Å². The summed E-state index contributed by atoms with van der Waals surface area (Å²) in [4.78, 5) is 0. The zero-order chi connectivity index (χ0) is 13.4. The number of ether oxygens (including phenoxy) is 1. The number of hydrogen-bond acceptors (Lipinski definition) is 3. The van der Waals surface area contributed by atoms with Gasteiger partial charge in [0, 0.05) is 37.1 Å². The summed E-state index contributed by atoms with van der Waals surface area (Å²) in [6.45, 7) is 11.3. The molecule has 0 bridgehead atoms. The Labute approximate surface area is 111 Å². The van der Waals surface area contributed by atoms with E-state index in [1.165, 1.54) is 12.8 Å². The lowest BCUT2D eigenvalue weighted by Gasteiger charge is -2.60. The standard InChI is InChI=1S/C15H29NO2/c1-14(2,7-8-17)10-16-12-11-6-5-9-18-13(11)15(12,3)4/h11-13,16-17H,5-10H2,1-4H3. The van der Waals surface area contributed by atoms with Crippen LogP contribution in [0, 0.1) is 16.7 Å². The molecular formula is C15H29NO2. The van der Waals surface area contributed by atoms with Gasteiger partial charge in [-0.1, -0.05) is 27.7 Å². The first-order valence-corrected chi connectivity index (χ1v) is 7.34. The van der Waals surface area contributed by atoms with Crippen LogP contribution in [0.1, 0.15) is 47.0 Å². The topological polar surface area (TPSA) is 41.5 Å². The van der Waals surface area contributed by atoms with Crippen molar-refractivity contribution < 1.29 is 9.84 Å². The van der Waals surface area contributed by atoms with E-state index in [0.29, 0.717) is 18.1 Å². The van der Waals surface area contributed by atoms with E-state index in [2.05, 4.69) is 33.0 Å². The highest BCUT2D eigenvalue weighted by Crippen LogP contribution is 2.51. The molecule has 1 aliphatic heterocycles. The molecule has 1 saturated heterocycles. The molecule has 1 saturated carbocycles. The summed E-state index contributed by atoms with van der Waals surface area (Å²) in [5, 5.41) is 12.8. The predicted molar refractivity (Wildman–Crippen MR) is 73.5 cm³/mol. The smallest absolute Gasteiger partial charge is 0.0684 e. The fourth-order valence-corrected chi connectivity index (χ4v) is 3.71. The van der Waals surface area contributed by atoms with Crippen LogP contribution in [0.5, 0.6) is 0 Å². The van der Waals surface area contributed by atoms with Crippen molar-refractivity contribution in [2.24, 2.45) is 16.7 Å². The lowest BCUT2D eigenvalue weighted by Crippen LogP contribution is -2.69. The summed E-state index contributed by atoms with van der Waals surface area (Å²) in [7, 11) is 0. The Morgan fingerprint density at radius 2 is 2.11 bits per heavy atom. The Morgan fingerprint density at radius 1 is 1.39 bits per heavy atom. The maximum absolute atomic E-state index is 9.08. The molecular weight excluding hydrogens is 226 g/mol. The van der Waals surface area contributed by atoms with Gasteiger partial charge in [0.15, 0.2) is 0 Å². The van der Waals surface area contributed by atoms with Gasteiger partial charge in [-0.05, 0) is 24.7 Å². The van der Waals surface area contributed by atoms with Crippen molar-refractivity contribution in [3.63, 3.8) is 0 Å². The summed E-state index contributed by atoms with van der Waals surface area (Å²) < 4.78 is 5.92. The molecule has 106 valence electrons. The van der Waals surface area contributed by atoms with E-state index in [0.717, 1.165) is 19.6 Å². The molecule has 0 amide bonds. The summed E-state index contributed by atoms with van der Waals surface area (Å²) >= 11 is 0. The SMILES string of the molecule is CC(C)(CCO)CNC1C2CCCOC2C1(C)C. The predicted octanol–water partition coefficient (Wildman–Crippen LogP) is 2.19. The number of nitrogens with one attached hydrogen (secondary N) is 1. The number of aliphatic hydroxyl groups excluding tert-OH is 1. The van der Waals surface area contributed by atoms with Crippen molar-refractivity contribution in [3.8, 4) is 0 Å². The van der Waals surface area contributed by atoms with Crippen molar-refractivity contribution in [1.29, 1.82) is 0 Å². The third kappa shape index (κ3) is 2.59. The van der Waals surface area contributed by atoms with Crippen LogP contribution in [0.2, 0.25) is 0 Å². The van der Waals surface area contributed by atoms with E-state index in [9.17, 15) is 0 Å². The molecule has 2 fully saturated rings. The summed E-state index contributed by atoms with van der Waals surface area (Å²) in [6, 6.07) is 0.570. The molecule has 1 aliphatic carbocycles. The van der Waals surface area contributed by atoms with Gasteiger partial charge in [-0.3, -0.25) is 0 Å². The van der Waals surface area contributed by atoms with E-state index < -0.39 is 0 Å². The van der Waals surface area contributed by atoms with Crippen LogP contribution in [-0.4, -0.2) is 37.0 Å². The van der Waals surface area contributed by atoms with Crippen LogP contribution in [0.25, 0.3) is 0 Å². The van der Waals surface area contributed by atoms with Crippen LogP contribution in [0.15, 0.2) is 0 Å². The minimum Gasteiger partial charge on any atom is -0.396 e. The van der Waals surface area contributed by atoms with E-state index in [4.69, 9.17) is 9.84 Å². The maximum atomic E-state index is 9.08. The van der Waals surface area contributed by atoms with E-state index in [1.54, 1.807) is 0 Å². The van der Waals surface area contributed by atoms with E-state index in [1.807, 2.05) is 0 Å². The monoisotopic (exact) mass is 255 g/mol. The van der Waals surface area contributed by atoms with Gasteiger partial charge in [0.05, 0.1) is 6.10 Å². The molecule has 0 aromatic carbocycles. The molecule has 0 aromatic heterocycles. The Morgan fingerprint density at radius 3 is 2.78 bits per heavy atom. The second kappa shape index (κ2) is 5.10. The lowest BCUT2D eigenvalue weighted by atomic mass is 9.55. The van der Waals surface area contributed by atoms with Gasteiger partial charge in [-0.2, -0.15) is 0 Å². The van der Waals surface area contributed by atoms with Crippen molar-refractivity contribution >= 4 is 0 Å². The molecule has 3 unspecified atom stereocenters. The zero-order valence-corrected chi connectivity index (χ0v) is 12.3. The van der Waals surface area contributed by atoms with E-state index in [-0.39, 0.29) is 17.4 Å². The van der Waals surface area contributed by atoms with Gasteiger partial charge in [0.2, 0.25) is 0 Å². The molecule has 2 aliphatic rings. The third-order valence-electron chi connectivity index (χ3n) is 4.92. The Kier molecular flexibility index (Phi) is 4.05. The quantitative estimate of drug-likeness (QED) is 0.791. The minimum atomic E-state index is 0.172. The van der Waals surface area contributed by atoms with Crippen molar-refractivity contribution in [1.82, 2.24) is 5.32 Å².